The van der Waals surface area contributed by atoms with Crippen molar-refractivity contribution in [3.63, 3.8) is 0 Å². The zero-order valence-electron chi connectivity index (χ0n) is 17.5. The largest absolute Gasteiger partial charge is 0.370 e. The highest BCUT2D eigenvalue weighted by molar-refractivity contribution is 5.73. The predicted molar refractivity (Wildman–Crippen MR) is 112 cm³/mol. The minimum atomic E-state index is -0.151. The van der Waals surface area contributed by atoms with Crippen LogP contribution in [0.15, 0.2) is 0 Å². The molecular weight excluding hydrogens is 306 g/mol. The van der Waals surface area contributed by atoms with Crippen LogP contribution in [0.5, 0.6) is 0 Å². The smallest absolute Gasteiger partial charge is 0.217 e. The fourth-order valence-corrected chi connectivity index (χ4v) is 3.50. The predicted octanol–water partition coefficient (Wildman–Crippen LogP) is 7.54. The zero-order chi connectivity index (χ0) is 18.6. The third-order valence-corrected chi connectivity index (χ3v) is 5.20. The summed E-state index contributed by atoms with van der Waals surface area (Å²) in [5.74, 6) is 0.731. The zero-order valence-corrected chi connectivity index (χ0v) is 17.5. The van der Waals surface area contributed by atoms with Gasteiger partial charge in [0, 0.05) is 6.42 Å². The monoisotopic (exact) mass is 353 g/mol. The lowest BCUT2D eigenvalue weighted by Gasteiger charge is -2.05. The molecule has 25 heavy (non-hydrogen) atoms. The molecule has 0 heterocycles. The van der Waals surface area contributed by atoms with E-state index in [1.54, 1.807) is 0 Å². The Kier molecular flexibility index (Phi) is 19.4. The Balaban J connectivity index is 2.99. The lowest BCUT2D eigenvalue weighted by Crippen LogP contribution is -2.09. The molecule has 0 aliphatic rings. The summed E-state index contributed by atoms with van der Waals surface area (Å²) >= 11 is 0. The average molecular weight is 354 g/mol. The van der Waals surface area contributed by atoms with Gasteiger partial charge in [0.15, 0.2) is 0 Å². The van der Waals surface area contributed by atoms with E-state index in [9.17, 15) is 4.79 Å². The first-order valence-corrected chi connectivity index (χ1v) is 11.4. The highest BCUT2D eigenvalue weighted by Gasteiger charge is 1.97. The third kappa shape index (κ3) is 23.5. The summed E-state index contributed by atoms with van der Waals surface area (Å²) in [6.07, 6.45) is 25.4. The van der Waals surface area contributed by atoms with Crippen LogP contribution >= 0.6 is 0 Å². The van der Waals surface area contributed by atoms with Crippen LogP contribution < -0.4 is 5.73 Å². The number of unbranched alkanes of at least 4 members (excludes halogenated alkanes) is 16. The van der Waals surface area contributed by atoms with Gasteiger partial charge in [0.2, 0.25) is 5.91 Å². The lowest BCUT2D eigenvalue weighted by molar-refractivity contribution is -0.118. The summed E-state index contributed by atoms with van der Waals surface area (Å²) in [5.41, 5.74) is 5.13. The van der Waals surface area contributed by atoms with Crippen molar-refractivity contribution in [2.45, 2.75) is 136 Å². The molecule has 0 spiro atoms. The fourth-order valence-electron chi connectivity index (χ4n) is 3.50. The maximum atomic E-state index is 10.6. The molecule has 0 aromatic rings. The van der Waals surface area contributed by atoms with Gasteiger partial charge in [0.1, 0.15) is 0 Å². The van der Waals surface area contributed by atoms with E-state index in [4.69, 9.17) is 5.73 Å². The summed E-state index contributed by atoms with van der Waals surface area (Å²) in [7, 11) is 0. The van der Waals surface area contributed by atoms with Crippen molar-refractivity contribution in [2.75, 3.05) is 0 Å². The number of nitrogens with two attached hydrogens (primary N) is 1. The van der Waals surface area contributed by atoms with Gasteiger partial charge in [-0.3, -0.25) is 4.79 Å². The standard InChI is InChI=1S/C23H47NO/c1-22(2)20-18-16-14-12-10-8-6-4-3-5-7-9-11-13-15-17-19-21-23(24)25/h22H,3-21H2,1-2H3,(H2,24,25). The van der Waals surface area contributed by atoms with Crippen molar-refractivity contribution in [2.24, 2.45) is 11.7 Å². The number of primary amides is 1. The Morgan fingerprint density at radius 3 is 1.12 bits per heavy atom. The van der Waals surface area contributed by atoms with Gasteiger partial charge in [0.05, 0.1) is 0 Å². The molecule has 0 aromatic carbocycles. The third-order valence-electron chi connectivity index (χ3n) is 5.20. The molecule has 0 radical (unpaired) electrons. The number of hydrogen-bond acceptors (Lipinski definition) is 1. The first kappa shape index (κ1) is 24.5. The van der Waals surface area contributed by atoms with E-state index >= 15 is 0 Å². The van der Waals surface area contributed by atoms with Crippen LogP contribution in [0.25, 0.3) is 0 Å². The molecule has 150 valence electrons. The summed E-state index contributed by atoms with van der Waals surface area (Å²) in [4.78, 5) is 10.6. The first-order chi connectivity index (χ1) is 12.1. The van der Waals surface area contributed by atoms with E-state index in [0.29, 0.717) is 6.42 Å². The molecule has 0 fully saturated rings. The highest BCUT2D eigenvalue weighted by Crippen LogP contribution is 2.15. The van der Waals surface area contributed by atoms with E-state index in [1.165, 1.54) is 109 Å². The summed E-state index contributed by atoms with van der Waals surface area (Å²) < 4.78 is 0. The molecule has 0 aliphatic heterocycles. The van der Waals surface area contributed by atoms with Crippen molar-refractivity contribution in [1.82, 2.24) is 0 Å². The summed E-state index contributed by atoms with van der Waals surface area (Å²) in [6, 6.07) is 0. The molecule has 1 amide bonds. The number of rotatable bonds is 20. The SMILES string of the molecule is CC(C)CCCCCCCCCCCCCCCCCCCC(N)=O. The second kappa shape index (κ2) is 19.8. The normalized spacial score (nSPS) is 11.3. The van der Waals surface area contributed by atoms with Crippen LogP contribution in [-0.2, 0) is 4.79 Å². The summed E-state index contributed by atoms with van der Waals surface area (Å²) in [6.45, 7) is 4.66. The molecule has 0 unspecified atom stereocenters. The molecule has 2 N–H and O–H groups in total. The number of carbonyl (C=O) groups is 1. The number of hydrogen-bond donors (Lipinski definition) is 1. The first-order valence-electron chi connectivity index (χ1n) is 11.4. The highest BCUT2D eigenvalue weighted by atomic mass is 16.1. The number of amides is 1. The van der Waals surface area contributed by atoms with Gasteiger partial charge in [0.25, 0.3) is 0 Å². The van der Waals surface area contributed by atoms with Crippen LogP contribution in [0.3, 0.4) is 0 Å². The minimum absolute atomic E-state index is 0.151. The van der Waals surface area contributed by atoms with Crippen LogP contribution in [0, 0.1) is 5.92 Å². The van der Waals surface area contributed by atoms with Gasteiger partial charge in [-0.25, -0.2) is 0 Å². The molecule has 0 saturated carbocycles. The van der Waals surface area contributed by atoms with Crippen molar-refractivity contribution in [1.29, 1.82) is 0 Å². The van der Waals surface area contributed by atoms with E-state index in [2.05, 4.69) is 13.8 Å². The molecule has 2 nitrogen and oxygen atoms in total. The van der Waals surface area contributed by atoms with Crippen molar-refractivity contribution < 1.29 is 4.79 Å². The Morgan fingerprint density at radius 1 is 0.560 bits per heavy atom. The Bertz CT molecular complexity index is 275. The molecule has 0 bridgehead atoms. The molecular formula is C23H47NO. The molecule has 0 atom stereocenters. The average Bonchev–Trinajstić information content (AvgIpc) is 2.56. The fraction of sp³-hybridized carbons (Fsp3) is 0.957. The van der Waals surface area contributed by atoms with Crippen molar-refractivity contribution in [3.8, 4) is 0 Å². The van der Waals surface area contributed by atoms with Gasteiger partial charge in [-0.2, -0.15) is 0 Å². The van der Waals surface area contributed by atoms with E-state index in [-0.39, 0.29) is 5.91 Å². The quantitative estimate of drug-likeness (QED) is 0.226. The summed E-state index contributed by atoms with van der Waals surface area (Å²) in [5, 5.41) is 0. The second-order valence-corrected chi connectivity index (χ2v) is 8.41. The van der Waals surface area contributed by atoms with Crippen molar-refractivity contribution >= 4 is 5.91 Å². The van der Waals surface area contributed by atoms with Crippen LogP contribution in [-0.4, -0.2) is 5.91 Å². The van der Waals surface area contributed by atoms with Gasteiger partial charge in [-0.05, 0) is 12.3 Å². The van der Waals surface area contributed by atoms with Crippen LogP contribution in [0.1, 0.15) is 136 Å². The van der Waals surface area contributed by atoms with E-state index in [1.807, 2.05) is 0 Å². The minimum Gasteiger partial charge on any atom is -0.370 e. The molecule has 0 aromatic heterocycles. The molecule has 0 rings (SSSR count). The maximum Gasteiger partial charge on any atom is 0.217 e. The molecule has 2 heteroatoms. The van der Waals surface area contributed by atoms with Crippen LogP contribution in [0.4, 0.5) is 0 Å². The molecule has 0 saturated heterocycles. The van der Waals surface area contributed by atoms with Gasteiger partial charge < -0.3 is 5.73 Å². The maximum absolute atomic E-state index is 10.6. The Hall–Kier alpha value is -0.530. The van der Waals surface area contributed by atoms with Crippen LogP contribution in [0.2, 0.25) is 0 Å². The number of carbonyl (C=O) groups excluding carboxylic acids is 1. The van der Waals surface area contributed by atoms with E-state index < -0.39 is 0 Å². The van der Waals surface area contributed by atoms with Crippen molar-refractivity contribution in [3.05, 3.63) is 0 Å². The molecule has 0 aliphatic carbocycles. The Morgan fingerprint density at radius 2 is 0.840 bits per heavy atom. The van der Waals surface area contributed by atoms with Gasteiger partial charge >= 0.3 is 0 Å². The van der Waals surface area contributed by atoms with E-state index in [0.717, 1.165) is 12.3 Å². The topological polar surface area (TPSA) is 43.1 Å². The van der Waals surface area contributed by atoms with Gasteiger partial charge in [-0.1, -0.05) is 123 Å². The lowest BCUT2D eigenvalue weighted by atomic mass is 10.0. The second-order valence-electron chi connectivity index (χ2n) is 8.41. The van der Waals surface area contributed by atoms with Gasteiger partial charge in [-0.15, -0.1) is 0 Å². The Labute approximate surface area is 158 Å².